The third-order valence-corrected chi connectivity index (χ3v) is 3.28. The lowest BCUT2D eigenvalue weighted by Gasteiger charge is -2.09. The van der Waals surface area contributed by atoms with Gasteiger partial charge in [-0.3, -0.25) is 4.79 Å². The number of aromatic nitrogens is 1. The first-order valence-corrected chi connectivity index (χ1v) is 6.36. The van der Waals surface area contributed by atoms with Gasteiger partial charge in [0.1, 0.15) is 4.60 Å². The number of nitrogens with zero attached hydrogens (tertiary/aromatic N) is 1. The molecule has 1 N–H and O–H groups in total. The Hall–Kier alpha value is -1.68. The van der Waals surface area contributed by atoms with E-state index in [1.54, 1.807) is 18.3 Å². The van der Waals surface area contributed by atoms with Crippen LogP contribution in [0.2, 0.25) is 0 Å². The zero-order chi connectivity index (χ0) is 13.1. The van der Waals surface area contributed by atoms with Crippen LogP contribution in [0.25, 0.3) is 0 Å². The van der Waals surface area contributed by atoms with E-state index in [-0.39, 0.29) is 5.91 Å². The van der Waals surface area contributed by atoms with Crippen LogP contribution in [0.15, 0.2) is 41.1 Å². The van der Waals surface area contributed by atoms with Gasteiger partial charge in [0.05, 0.1) is 5.56 Å². The summed E-state index contributed by atoms with van der Waals surface area (Å²) in [4.78, 5) is 16.2. The third kappa shape index (κ3) is 2.76. The molecule has 0 bridgehead atoms. The number of anilines is 1. The summed E-state index contributed by atoms with van der Waals surface area (Å²) in [6.45, 7) is 3.96. The molecule has 1 aromatic heterocycles. The summed E-state index contributed by atoms with van der Waals surface area (Å²) in [7, 11) is 0. The van der Waals surface area contributed by atoms with Crippen molar-refractivity contribution in [3.05, 3.63) is 57.8 Å². The molecule has 0 fully saturated rings. The van der Waals surface area contributed by atoms with Crippen LogP contribution in [0.1, 0.15) is 21.5 Å². The monoisotopic (exact) mass is 304 g/mol. The van der Waals surface area contributed by atoms with Gasteiger partial charge in [0, 0.05) is 11.9 Å². The number of rotatable bonds is 2. The smallest absolute Gasteiger partial charge is 0.258 e. The highest BCUT2D eigenvalue weighted by molar-refractivity contribution is 9.10. The molecule has 0 atom stereocenters. The van der Waals surface area contributed by atoms with E-state index in [0.29, 0.717) is 10.2 Å². The van der Waals surface area contributed by atoms with E-state index in [1.807, 2.05) is 32.0 Å². The van der Waals surface area contributed by atoms with Crippen molar-refractivity contribution in [3.8, 4) is 0 Å². The average molecular weight is 305 g/mol. The number of halogens is 1. The van der Waals surface area contributed by atoms with Crippen LogP contribution in [-0.4, -0.2) is 10.9 Å². The van der Waals surface area contributed by atoms with E-state index in [4.69, 9.17) is 0 Å². The number of amides is 1. The first kappa shape index (κ1) is 12.8. The number of hydrogen-bond acceptors (Lipinski definition) is 2. The third-order valence-electron chi connectivity index (χ3n) is 2.64. The van der Waals surface area contributed by atoms with Gasteiger partial charge < -0.3 is 5.32 Å². The molecule has 2 rings (SSSR count). The van der Waals surface area contributed by atoms with Crippen molar-refractivity contribution in [2.45, 2.75) is 13.8 Å². The predicted octanol–water partition coefficient (Wildman–Crippen LogP) is 3.71. The highest BCUT2D eigenvalue weighted by atomic mass is 79.9. The highest BCUT2D eigenvalue weighted by Crippen LogP contribution is 2.19. The minimum absolute atomic E-state index is 0.163. The molecule has 18 heavy (non-hydrogen) atoms. The molecule has 0 saturated heterocycles. The summed E-state index contributed by atoms with van der Waals surface area (Å²) >= 11 is 3.27. The summed E-state index contributed by atoms with van der Waals surface area (Å²) in [6.07, 6.45) is 1.64. The fourth-order valence-electron chi connectivity index (χ4n) is 1.62. The Bertz CT molecular complexity index is 596. The molecule has 0 aliphatic heterocycles. The molecular weight excluding hydrogens is 292 g/mol. The van der Waals surface area contributed by atoms with Crippen molar-refractivity contribution in [1.29, 1.82) is 0 Å². The van der Waals surface area contributed by atoms with Crippen LogP contribution < -0.4 is 5.32 Å². The van der Waals surface area contributed by atoms with Crippen LogP contribution in [-0.2, 0) is 0 Å². The van der Waals surface area contributed by atoms with Gasteiger partial charge in [-0.05, 0) is 59.1 Å². The van der Waals surface area contributed by atoms with Gasteiger partial charge in [-0.2, -0.15) is 0 Å². The van der Waals surface area contributed by atoms with Crippen LogP contribution in [0.4, 0.5) is 5.69 Å². The molecule has 1 aromatic carbocycles. The molecule has 1 heterocycles. The Balaban J connectivity index is 2.27. The molecule has 92 valence electrons. The molecule has 0 saturated carbocycles. The Morgan fingerprint density at radius 1 is 1.28 bits per heavy atom. The quantitative estimate of drug-likeness (QED) is 0.859. The van der Waals surface area contributed by atoms with E-state index in [9.17, 15) is 4.79 Å². The largest absolute Gasteiger partial charge is 0.322 e. The average Bonchev–Trinajstić information content (AvgIpc) is 2.34. The van der Waals surface area contributed by atoms with Gasteiger partial charge in [0.2, 0.25) is 0 Å². The Morgan fingerprint density at radius 3 is 2.78 bits per heavy atom. The molecule has 2 aromatic rings. The van der Waals surface area contributed by atoms with E-state index >= 15 is 0 Å². The summed E-state index contributed by atoms with van der Waals surface area (Å²) in [5, 5.41) is 2.90. The molecule has 0 spiro atoms. The van der Waals surface area contributed by atoms with Crippen LogP contribution in [0.5, 0.6) is 0 Å². The maximum Gasteiger partial charge on any atom is 0.258 e. The van der Waals surface area contributed by atoms with E-state index < -0.39 is 0 Å². The lowest BCUT2D eigenvalue weighted by molar-refractivity contribution is 0.102. The summed E-state index contributed by atoms with van der Waals surface area (Å²) in [5.74, 6) is -0.163. The fraction of sp³-hybridized carbons (Fsp3) is 0.143. The normalized spacial score (nSPS) is 10.2. The van der Waals surface area contributed by atoms with Crippen LogP contribution in [0.3, 0.4) is 0 Å². The van der Waals surface area contributed by atoms with Crippen LogP contribution in [0, 0.1) is 13.8 Å². The number of aryl methyl sites for hydroxylation is 2. The van der Waals surface area contributed by atoms with E-state index in [1.165, 1.54) is 0 Å². The lowest BCUT2D eigenvalue weighted by Crippen LogP contribution is -2.13. The van der Waals surface area contributed by atoms with Gasteiger partial charge >= 0.3 is 0 Å². The molecule has 1 amide bonds. The van der Waals surface area contributed by atoms with Gasteiger partial charge in [-0.1, -0.05) is 12.1 Å². The standard InChI is InChI=1S/C14H13BrN2O/c1-9-5-6-10(2)12(8-9)17-14(18)11-4-3-7-16-13(11)15/h3-8H,1-2H3,(H,17,18). The zero-order valence-electron chi connectivity index (χ0n) is 10.2. The second-order valence-electron chi connectivity index (χ2n) is 4.11. The maximum absolute atomic E-state index is 12.1. The van der Waals surface area contributed by atoms with Crippen molar-refractivity contribution in [1.82, 2.24) is 4.98 Å². The highest BCUT2D eigenvalue weighted by Gasteiger charge is 2.11. The first-order valence-electron chi connectivity index (χ1n) is 5.57. The second kappa shape index (κ2) is 5.31. The second-order valence-corrected chi connectivity index (χ2v) is 4.87. The number of pyridine rings is 1. The minimum Gasteiger partial charge on any atom is -0.322 e. The van der Waals surface area contributed by atoms with Crippen LogP contribution >= 0.6 is 15.9 Å². The van der Waals surface area contributed by atoms with Crippen molar-refractivity contribution < 1.29 is 4.79 Å². The Kier molecular flexibility index (Phi) is 3.77. The van der Waals surface area contributed by atoms with E-state index in [2.05, 4.69) is 26.2 Å². The SMILES string of the molecule is Cc1ccc(C)c(NC(=O)c2cccnc2Br)c1. The molecule has 0 unspecified atom stereocenters. The van der Waals surface area contributed by atoms with Gasteiger partial charge in [0.15, 0.2) is 0 Å². The van der Waals surface area contributed by atoms with Crippen molar-refractivity contribution >= 4 is 27.5 Å². The topological polar surface area (TPSA) is 42.0 Å². The number of benzene rings is 1. The molecule has 0 aliphatic carbocycles. The fourth-order valence-corrected chi connectivity index (χ4v) is 2.05. The van der Waals surface area contributed by atoms with Crippen molar-refractivity contribution in [2.75, 3.05) is 5.32 Å². The summed E-state index contributed by atoms with van der Waals surface area (Å²) in [5.41, 5.74) is 3.50. The number of nitrogens with one attached hydrogen (secondary N) is 1. The minimum atomic E-state index is -0.163. The first-order chi connectivity index (χ1) is 8.58. The van der Waals surface area contributed by atoms with Gasteiger partial charge in [-0.25, -0.2) is 4.98 Å². The summed E-state index contributed by atoms with van der Waals surface area (Å²) < 4.78 is 0.549. The maximum atomic E-state index is 12.1. The van der Waals surface area contributed by atoms with Gasteiger partial charge in [0.25, 0.3) is 5.91 Å². The van der Waals surface area contributed by atoms with E-state index in [0.717, 1.165) is 16.8 Å². The van der Waals surface area contributed by atoms with Crippen molar-refractivity contribution in [3.63, 3.8) is 0 Å². The number of carbonyl (C=O) groups is 1. The number of carbonyl (C=O) groups excluding carboxylic acids is 1. The predicted molar refractivity (Wildman–Crippen MR) is 75.8 cm³/mol. The molecular formula is C14H13BrN2O. The van der Waals surface area contributed by atoms with Gasteiger partial charge in [-0.15, -0.1) is 0 Å². The molecule has 0 radical (unpaired) electrons. The summed E-state index contributed by atoms with van der Waals surface area (Å²) in [6, 6.07) is 9.44. The number of hydrogen-bond donors (Lipinski definition) is 1. The van der Waals surface area contributed by atoms with Crippen molar-refractivity contribution in [2.24, 2.45) is 0 Å². The molecule has 4 heteroatoms. The Labute approximate surface area is 114 Å². The molecule has 3 nitrogen and oxygen atoms in total. The molecule has 0 aliphatic rings. The lowest BCUT2D eigenvalue weighted by atomic mass is 10.1. The Morgan fingerprint density at radius 2 is 2.06 bits per heavy atom. The zero-order valence-corrected chi connectivity index (χ0v) is 11.8.